The highest BCUT2D eigenvalue weighted by Crippen LogP contribution is 2.24. The summed E-state index contributed by atoms with van der Waals surface area (Å²) in [6, 6.07) is 6.71. The second kappa shape index (κ2) is 6.03. The predicted octanol–water partition coefficient (Wildman–Crippen LogP) is 2.17. The van der Waals surface area contributed by atoms with Gasteiger partial charge in [-0.05, 0) is 43.4 Å². The Hall–Kier alpha value is -0.910. The zero-order valence-corrected chi connectivity index (χ0v) is 12.1. The Morgan fingerprint density at radius 2 is 1.84 bits per heavy atom. The maximum absolute atomic E-state index is 12.1. The van der Waals surface area contributed by atoms with Crippen molar-refractivity contribution < 1.29 is 8.42 Å². The van der Waals surface area contributed by atoms with Crippen LogP contribution in [0.25, 0.3) is 0 Å². The molecule has 1 saturated carbocycles. The second-order valence-electron chi connectivity index (χ2n) is 5.36. The van der Waals surface area contributed by atoms with Gasteiger partial charge in [0.1, 0.15) is 0 Å². The maximum atomic E-state index is 12.1. The lowest BCUT2D eigenvalue weighted by molar-refractivity contribution is 0.519. The highest BCUT2D eigenvalue weighted by Gasteiger charge is 2.19. The van der Waals surface area contributed by atoms with Crippen molar-refractivity contribution in [3.05, 3.63) is 29.8 Å². The van der Waals surface area contributed by atoms with Crippen molar-refractivity contribution in [3.8, 4) is 0 Å². The lowest BCUT2D eigenvalue weighted by Gasteiger charge is -2.12. The van der Waals surface area contributed by atoms with Gasteiger partial charge in [0.2, 0.25) is 10.0 Å². The minimum atomic E-state index is -3.38. The molecule has 106 valence electrons. The molecule has 0 aromatic heterocycles. The van der Waals surface area contributed by atoms with Gasteiger partial charge in [0.25, 0.3) is 0 Å². The van der Waals surface area contributed by atoms with Gasteiger partial charge in [-0.15, -0.1) is 0 Å². The number of nitrogens with two attached hydrogens (primary N) is 1. The molecule has 0 spiro atoms. The Labute approximate surface area is 115 Å². The summed E-state index contributed by atoms with van der Waals surface area (Å²) in [6.45, 7) is 2.43. The fourth-order valence-corrected chi connectivity index (χ4v) is 3.59. The fraction of sp³-hybridized carbons (Fsp3) is 0.571. The van der Waals surface area contributed by atoms with E-state index in [-0.39, 0.29) is 6.04 Å². The SMILES string of the molecule is CC(N)c1ccc(S(=O)(=O)NCC2CCCC2)cc1. The van der Waals surface area contributed by atoms with Gasteiger partial charge in [0.05, 0.1) is 4.90 Å². The molecule has 1 aliphatic carbocycles. The topological polar surface area (TPSA) is 72.2 Å². The van der Waals surface area contributed by atoms with Gasteiger partial charge in [-0.3, -0.25) is 0 Å². The van der Waals surface area contributed by atoms with Crippen molar-refractivity contribution in [3.63, 3.8) is 0 Å². The molecule has 0 saturated heterocycles. The van der Waals surface area contributed by atoms with Crippen LogP contribution in [-0.4, -0.2) is 15.0 Å². The Kier molecular flexibility index (Phi) is 4.60. The Morgan fingerprint density at radius 3 is 2.37 bits per heavy atom. The van der Waals surface area contributed by atoms with E-state index in [1.165, 1.54) is 12.8 Å². The highest BCUT2D eigenvalue weighted by molar-refractivity contribution is 7.89. The zero-order valence-electron chi connectivity index (χ0n) is 11.3. The second-order valence-corrected chi connectivity index (χ2v) is 7.13. The number of nitrogens with one attached hydrogen (secondary N) is 1. The van der Waals surface area contributed by atoms with E-state index in [0.717, 1.165) is 18.4 Å². The lowest BCUT2D eigenvalue weighted by Crippen LogP contribution is -2.28. The van der Waals surface area contributed by atoms with Crippen LogP contribution >= 0.6 is 0 Å². The van der Waals surface area contributed by atoms with Crippen LogP contribution in [0.5, 0.6) is 0 Å². The number of hydrogen-bond donors (Lipinski definition) is 2. The quantitative estimate of drug-likeness (QED) is 0.869. The van der Waals surface area contributed by atoms with Crippen LogP contribution in [0.1, 0.15) is 44.2 Å². The van der Waals surface area contributed by atoms with E-state index in [9.17, 15) is 8.42 Å². The summed E-state index contributed by atoms with van der Waals surface area (Å²) < 4.78 is 27.0. The minimum Gasteiger partial charge on any atom is -0.324 e. The van der Waals surface area contributed by atoms with E-state index in [0.29, 0.717) is 17.4 Å². The van der Waals surface area contributed by atoms with E-state index in [1.54, 1.807) is 24.3 Å². The van der Waals surface area contributed by atoms with Gasteiger partial charge >= 0.3 is 0 Å². The van der Waals surface area contributed by atoms with E-state index in [1.807, 2.05) is 6.92 Å². The van der Waals surface area contributed by atoms with Crippen molar-refractivity contribution in [1.29, 1.82) is 0 Å². The Bertz CT molecular complexity index is 503. The van der Waals surface area contributed by atoms with Crippen LogP contribution in [0.2, 0.25) is 0 Å². The first kappa shape index (κ1) is 14.5. The molecule has 1 atom stereocenters. The number of sulfonamides is 1. The summed E-state index contributed by atoms with van der Waals surface area (Å²) in [4.78, 5) is 0.315. The van der Waals surface area contributed by atoms with Crippen molar-refractivity contribution in [2.24, 2.45) is 11.7 Å². The lowest BCUT2D eigenvalue weighted by atomic mass is 10.1. The molecule has 0 radical (unpaired) electrons. The van der Waals surface area contributed by atoms with Gasteiger partial charge in [0.15, 0.2) is 0 Å². The third kappa shape index (κ3) is 3.78. The van der Waals surface area contributed by atoms with Gasteiger partial charge in [0, 0.05) is 12.6 Å². The van der Waals surface area contributed by atoms with Crippen LogP contribution in [-0.2, 0) is 10.0 Å². The molecule has 1 unspecified atom stereocenters. The first-order valence-electron chi connectivity index (χ1n) is 6.84. The van der Waals surface area contributed by atoms with E-state index >= 15 is 0 Å². The molecule has 0 aliphatic heterocycles. The first-order chi connectivity index (χ1) is 8.99. The van der Waals surface area contributed by atoms with Crippen molar-refractivity contribution in [1.82, 2.24) is 4.72 Å². The minimum absolute atomic E-state index is 0.0804. The number of benzene rings is 1. The summed E-state index contributed by atoms with van der Waals surface area (Å²) in [5.74, 6) is 0.498. The number of rotatable bonds is 5. The molecular formula is C14H22N2O2S. The van der Waals surface area contributed by atoms with Crippen LogP contribution in [0.15, 0.2) is 29.2 Å². The first-order valence-corrected chi connectivity index (χ1v) is 8.32. The van der Waals surface area contributed by atoms with Crippen LogP contribution in [0.4, 0.5) is 0 Å². The van der Waals surface area contributed by atoms with Crippen molar-refractivity contribution >= 4 is 10.0 Å². The number of hydrogen-bond acceptors (Lipinski definition) is 3. The third-order valence-electron chi connectivity index (χ3n) is 3.75. The summed E-state index contributed by atoms with van der Waals surface area (Å²) in [5.41, 5.74) is 6.69. The molecule has 5 heteroatoms. The molecule has 0 bridgehead atoms. The molecule has 1 fully saturated rings. The summed E-state index contributed by atoms with van der Waals surface area (Å²) in [7, 11) is -3.38. The summed E-state index contributed by atoms with van der Waals surface area (Å²) in [6.07, 6.45) is 4.70. The molecule has 1 aliphatic rings. The molecule has 2 rings (SSSR count). The molecule has 4 nitrogen and oxygen atoms in total. The highest BCUT2D eigenvalue weighted by atomic mass is 32.2. The largest absolute Gasteiger partial charge is 0.324 e. The van der Waals surface area contributed by atoms with E-state index < -0.39 is 10.0 Å². The van der Waals surface area contributed by atoms with Crippen LogP contribution in [0.3, 0.4) is 0 Å². The average Bonchev–Trinajstić information content (AvgIpc) is 2.90. The molecule has 0 amide bonds. The van der Waals surface area contributed by atoms with Gasteiger partial charge in [-0.2, -0.15) is 0 Å². The van der Waals surface area contributed by atoms with Gasteiger partial charge in [-0.1, -0.05) is 25.0 Å². The van der Waals surface area contributed by atoms with Crippen molar-refractivity contribution in [2.45, 2.75) is 43.5 Å². The van der Waals surface area contributed by atoms with E-state index in [2.05, 4.69) is 4.72 Å². The standard InChI is InChI=1S/C14H22N2O2S/c1-11(15)13-6-8-14(9-7-13)19(17,18)16-10-12-4-2-3-5-12/h6-9,11-12,16H,2-5,10,15H2,1H3. The molecule has 3 N–H and O–H groups in total. The van der Waals surface area contributed by atoms with Crippen LogP contribution < -0.4 is 10.5 Å². The fourth-order valence-electron chi connectivity index (χ4n) is 2.48. The molecule has 1 aromatic carbocycles. The van der Waals surface area contributed by atoms with Gasteiger partial charge in [-0.25, -0.2) is 13.1 Å². The third-order valence-corrected chi connectivity index (χ3v) is 5.19. The Morgan fingerprint density at radius 1 is 1.26 bits per heavy atom. The molecule has 19 heavy (non-hydrogen) atoms. The maximum Gasteiger partial charge on any atom is 0.240 e. The summed E-state index contributed by atoms with van der Waals surface area (Å²) in [5, 5.41) is 0. The summed E-state index contributed by atoms with van der Waals surface area (Å²) >= 11 is 0. The van der Waals surface area contributed by atoms with E-state index in [4.69, 9.17) is 5.73 Å². The average molecular weight is 282 g/mol. The Balaban J connectivity index is 2.01. The molecular weight excluding hydrogens is 260 g/mol. The molecule has 0 heterocycles. The van der Waals surface area contributed by atoms with Crippen molar-refractivity contribution in [2.75, 3.05) is 6.54 Å². The zero-order chi connectivity index (χ0) is 13.9. The smallest absolute Gasteiger partial charge is 0.240 e. The van der Waals surface area contributed by atoms with Crippen LogP contribution in [0, 0.1) is 5.92 Å². The molecule has 1 aromatic rings. The predicted molar refractivity (Wildman–Crippen MR) is 76.2 cm³/mol. The monoisotopic (exact) mass is 282 g/mol. The normalized spacial score (nSPS) is 18.6. The van der Waals surface area contributed by atoms with Gasteiger partial charge < -0.3 is 5.73 Å².